The molecule has 0 atom stereocenters. The number of benzene rings is 1. The molecule has 0 fully saturated rings. The number of nitrogens with one attached hydrogen (secondary N) is 2. The van der Waals surface area contributed by atoms with Crippen molar-refractivity contribution in [2.24, 2.45) is 4.99 Å². The second-order valence-electron chi connectivity index (χ2n) is 4.68. The monoisotopic (exact) mass is 303 g/mol. The van der Waals surface area contributed by atoms with Gasteiger partial charge in [-0.2, -0.15) is 0 Å². The molecule has 2 rings (SSSR count). The van der Waals surface area contributed by atoms with Gasteiger partial charge in [-0.15, -0.1) is 0 Å². The van der Waals surface area contributed by atoms with Crippen molar-refractivity contribution < 1.29 is 14.3 Å². The van der Waals surface area contributed by atoms with Gasteiger partial charge in [-0.25, -0.2) is 0 Å². The molecule has 1 aromatic heterocycles. The fourth-order valence-corrected chi connectivity index (χ4v) is 1.99. The van der Waals surface area contributed by atoms with Gasteiger partial charge in [0.25, 0.3) is 0 Å². The summed E-state index contributed by atoms with van der Waals surface area (Å²) < 4.78 is 10.4. The molecule has 0 aliphatic rings. The fraction of sp³-hybridized carbons (Fsp3) is 0.312. The van der Waals surface area contributed by atoms with Crippen molar-refractivity contribution in [3.63, 3.8) is 0 Å². The minimum absolute atomic E-state index is 0.222. The van der Waals surface area contributed by atoms with Crippen molar-refractivity contribution in [3.8, 4) is 11.5 Å². The van der Waals surface area contributed by atoms with Crippen LogP contribution < -0.4 is 15.4 Å². The summed E-state index contributed by atoms with van der Waals surface area (Å²) in [5.41, 5.74) is 0.744. The molecule has 0 spiro atoms. The van der Waals surface area contributed by atoms with E-state index in [0.29, 0.717) is 24.8 Å². The summed E-state index contributed by atoms with van der Waals surface area (Å²) in [6.45, 7) is 1.15. The molecule has 2 aromatic rings. The normalized spacial score (nSPS) is 11.3. The number of methoxy groups -OCH3 is 1. The number of aliphatic imine (C=N–C) groups is 1. The lowest BCUT2D eigenvalue weighted by atomic mass is 10.2. The molecule has 1 aromatic carbocycles. The molecule has 0 aliphatic carbocycles. The molecule has 0 aliphatic heterocycles. The zero-order chi connectivity index (χ0) is 15.8. The van der Waals surface area contributed by atoms with Crippen LogP contribution in [-0.4, -0.2) is 31.8 Å². The predicted molar refractivity (Wildman–Crippen MR) is 85.3 cm³/mol. The third-order valence-corrected chi connectivity index (χ3v) is 3.20. The van der Waals surface area contributed by atoms with E-state index in [1.54, 1.807) is 38.6 Å². The van der Waals surface area contributed by atoms with Gasteiger partial charge >= 0.3 is 0 Å². The molecule has 22 heavy (non-hydrogen) atoms. The first-order chi connectivity index (χ1) is 10.7. The molecular formula is C16H21N3O3. The van der Waals surface area contributed by atoms with E-state index < -0.39 is 0 Å². The summed E-state index contributed by atoms with van der Waals surface area (Å²) in [4.78, 5) is 4.15. The average molecular weight is 303 g/mol. The number of hydrogen-bond acceptors (Lipinski definition) is 4. The zero-order valence-electron chi connectivity index (χ0n) is 12.8. The topological polar surface area (TPSA) is 79.0 Å². The summed E-state index contributed by atoms with van der Waals surface area (Å²) in [6, 6.07) is 8.93. The molecule has 0 saturated carbocycles. The number of rotatable bonds is 6. The molecule has 0 radical (unpaired) electrons. The average Bonchev–Trinajstić information content (AvgIpc) is 3.05. The highest BCUT2D eigenvalue weighted by Gasteiger charge is 2.05. The standard InChI is InChI=1S/C16H21N3O3/c1-17-16(18-8-7-13-4-3-9-22-13)19-11-12-10-14(21-2)5-6-15(12)20/h3-6,9-10,20H,7-8,11H2,1-2H3,(H2,17,18,19). The van der Waals surface area contributed by atoms with E-state index >= 15 is 0 Å². The second-order valence-corrected chi connectivity index (χ2v) is 4.68. The summed E-state index contributed by atoms with van der Waals surface area (Å²) in [5, 5.41) is 16.2. The number of phenols is 1. The maximum atomic E-state index is 9.85. The largest absolute Gasteiger partial charge is 0.508 e. The van der Waals surface area contributed by atoms with Crippen LogP contribution in [0.4, 0.5) is 0 Å². The number of furan rings is 1. The highest BCUT2D eigenvalue weighted by Crippen LogP contribution is 2.22. The predicted octanol–water partition coefficient (Wildman–Crippen LogP) is 1.90. The van der Waals surface area contributed by atoms with Crippen LogP contribution in [-0.2, 0) is 13.0 Å². The Kier molecular flexibility index (Phi) is 5.71. The van der Waals surface area contributed by atoms with Crippen LogP contribution in [0.15, 0.2) is 46.0 Å². The Morgan fingerprint density at radius 1 is 1.32 bits per heavy atom. The van der Waals surface area contributed by atoms with Crippen molar-refractivity contribution in [2.75, 3.05) is 20.7 Å². The van der Waals surface area contributed by atoms with Gasteiger partial charge in [-0.05, 0) is 30.3 Å². The first kappa shape index (κ1) is 15.8. The van der Waals surface area contributed by atoms with E-state index in [2.05, 4.69) is 15.6 Å². The zero-order valence-corrected chi connectivity index (χ0v) is 12.8. The van der Waals surface area contributed by atoms with Crippen LogP contribution in [0, 0.1) is 0 Å². The third-order valence-electron chi connectivity index (χ3n) is 3.20. The Morgan fingerprint density at radius 3 is 2.86 bits per heavy atom. The lowest BCUT2D eigenvalue weighted by molar-refractivity contribution is 0.410. The number of aromatic hydroxyl groups is 1. The van der Waals surface area contributed by atoms with E-state index in [0.717, 1.165) is 17.7 Å². The Bertz CT molecular complexity index is 609. The minimum Gasteiger partial charge on any atom is -0.508 e. The van der Waals surface area contributed by atoms with Crippen molar-refractivity contribution in [1.29, 1.82) is 0 Å². The summed E-state index contributed by atoms with van der Waals surface area (Å²) in [5.74, 6) is 2.51. The summed E-state index contributed by atoms with van der Waals surface area (Å²) in [6.07, 6.45) is 2.44. The fourth-order valence-electron chi connectivity index (χ4n) is 1.99. The quantitative estimate of drug-likeness (QED) is 0.561. The number of guanidine groups is 1. The number of nitrogens with zero attached hydrogens (tertiary/aromatic N) is 1. The Labute approximate surface area is 129 Å². The summed E-state index contributed by atoms with van der Waals surface area (Å²) >= 11 is 0. The van der Waals surface area contributed by atoms with Gasteiger partial charge < -0.3 is 24.9 Å². The van der Waals surface area contributed by atoms with E-state index in [4.69, 9.17) is 9.15 Å². The number of hydrogen-bond donors (Lipinski definition) is 3. The van der Waals surface area contributed by atoms with Crippen molar-refractivity contribution in [2.45, 2.75) is 13.0 Å². The van der Waals surface area contributed by atoms with Crippen LogP contribution in [0.2, 0.25) is 0 Å². The molecule has 1 heterocycles. The van der Waals surface area contributed by atoms with Crippen molar-refractivity contribution in [1.82, 2.24) is 10.6 Å². The molecule has 6 nitrogen and oxygen atoms in total. The van der Waals surface area contributed by atoms with Gasteiger partial charge in [0.2, 0.25) is 0 Å². The lowest BCUT2D eigenvalue weighted by Gasteiger charge is -2.13. The van der Waals surface area contributed by atoms with Gasteiger partial charge in [0.1, 0.15) is 17.3 Å². The molecule has 3 N–H and O–H groups in total. The van der Waals surface area contributed by atoms with Crippen LogP contribution >= 0.6 is 0 Å². The summed E-state index contributed by atoms with van der Waals surface area (Å²) in [7, 11) is 3.30. The molecule has 6 heteroatoms. The van der Waals surface area contributed by atoms with E-state index in [-0.39, 0.29) is 5.75 Å². The smallest absolute Gasteiger partial charge is 0.191 e. The van der Waals surface area contributed by atoms with Gasteiger partial charge in [0.05, 0.1) is 13.4 Å². The number of phenolic OH excluding ortho intramolecular Hbond substituents is 1. The molecule has 118 valence electrons. The van der Waals surface area contributed by atoms with E-state index in [1.165, 1.54) is 0 Å². The van der Waals surface area contributed by atoms with Gasteiger partial charge in [-0.3, -0.25) is 4.99 Å². The third kappa shape index (κ3) is 4.44. The molecule has 0 unspecified atom stereocenters. The highest BCUT2D eigenvalue weighted by atomic mass is 16.5. The van der Waals surface area contributed by atoms with Gasteiger partial charge in [0.15, 0.2) is 5.96 Å². The minimum atomic E-state index is 0.222. The lowest BCUT2D eigenvalue weighted by Crippen LogP contribution is -2.37. The number of ether oxygens (including phenoxy) is 1. The van der Waals surface area contributed by atoms with Crippen LogP contribution in [0.25, 0.3) is 0 Å². The maximum Gasteiger partial charge on any atom is 0.191 e. The van der Waals surface area contributed by atoms with Gasteiger partial charge in [-0.1, -0.05) is 0 Å². The van der Waals surface area contributed by atoms with Gasteiger partial charge in [0, 0.05) is 32.1 Å². The van der Waals surface area contributed by atoms with Crippen LogP contribution in [0.1, 0.15) is 11.3 Å². The maximum absolute atomic E-state index is 9.85. The Balaban J connectivity index is 1.83. The molecule has 0 amide bonds. The van der Waals surface area contributed by atoms with E-state index in [9.17, 15) is 5.11 Å². The van der Waals surface area contributed by atoms with Crippen molar-refractivity contribution in [3.05, 3.63) is 47.9 Å². The van der Waals surface area contributed by atoms with Crippen molar-refractivity contribution >= 4 is 5.96 Å². The van der Waals surface area contributed by atoms with E-state index in [1.807, 2.05) is 12.1 Å². The molecule has 0 bridgehead atoms. The molecular weight excluding hydrogens is 282 g/mol. The first-order valence-electron chi connectivity index (χ1n) is 7.05. The first-order valence-corrected chi connectivity index (χ1v) is 7.05. The Morgan fingerprint density at radius 2 is 2.18 bits per heavy atom. The molecule has 0 saturated heterocycles. The Hall–Kier alpha value is -2.63. The van der Waals surface area contributed by atoms with Crippen LogP contribution in [0.5, 0.6) is 11.5 Å². The van der Waals surface area contributed by atoms with Crippen LogP contribution in [0.3, 0.4) is 0 Å². The highest BCUT2D eigenvalue weighted by molar-refractivity contribution is 5.79. The second kappa shape index (κ2) is 7.97. The SMILES string of the molecule is CN=C(NCCc1ccco1)NCc1cc(OC)ccc1O.